The Kier molecular flexibility index (Phi) is 5.60. The number of benzene rings is 6. The number of phenolic OH excluding ortho intramolecular Hbond substituents is 1. The maximum Gasteiger partial charge on any atom is 0.115 e. The van der Waals surface area contributed by atoms with Gasteiger partial charge in [0.2, 0.25) is 0 Å². The molecule has 39 heavy (non-hydrogen) atoms. The Morgan fingerprint density at radius 1 is 0.410 bits per heavy atom. The molecule has 186 valence electrons. The first-order valence-corrected chi connectivity index (χ1v) is 13.1. The number of aromatic nitrogens is 1. The highest BCUT2D eigenvalue weighted by molar-refractivity contribution is 6.09. The summed E-state index contributed by atoms with van der Waals surface area (Å²) in [6.45, 7) is 0. The Morgan fingerprint density at radius 3 is 1.41 bits per heavy atom. The maximum absolute atomic E-state index is 9.81. The van der Waals surface area contributed by atoms with Gasteiger partial charge in [0, 0.05) is 33.5 Å². The fourth-order valence-electron chi connectivity index (χ4n) is 5.43. The average Bonchev–Trinajstić information content (AvgIpc) is 3.34. The van der Waals surface area contributed by atoms with E-state index in [1.165, 1.54) is 27.4 Å². The molecule has 7 aromatic rings. The molecule has 0 aliphatic carbocycles. The minimum atomic E-state index is 0.256. The van der Waals surface area contributed by atoms with E-state index in [2.05, 4.69) is 119 Å². The molecule has 3 nitrogen and oxygen atoms in total. The summed E-state index contributed by atoms with van der Waals surface area (Å²) in [4.78, 5) is 2.19. The van der Waals surface area contributed by atoms with Gasteiger partial charge in [0.05, 0.1) is 11.0 Å². The summed E-state index contributed by atoms with van der Waals surface area (Å²) in [6, 6.07) is 52.2. The highest BCUT2D eigenvalue weighted by atomic mass is 16.3. The largest absolute Gasteiger partial charge is 0.508 e. The summed E-state index contributed by atoms with van der Waals surface area (Å²) in [6.07, 6.45) is 0. The number of fused-ring (bicyclic) bond motifs is 3. The molecular weight excluding hydrogens is 476 g/mol. The fourth-order valence-corrected chi connectivity index (χ4v) is 5.43. The molecule has 0 unspecified atom stereocenters. The highest BCUT2D eigenvalue weighted by Crippen LogP contribution is 2.37. The van der Waals surface area contributed by atoms with Crippen LogP contribution < -0.4 is 4.90 Å². The summed E-state index contributed by atoms with van der Waals surface area (Å²) in [5, 5.41) is 12.3. The zero-order chi connectivity index (χ0) is 26.2. The van der Waals surface area contributed by atoms with E-state index in [1.54, 1.807) is 12.1 Å². The Bertz CT molecular complexity index is 1830. The SMILES string of the molecule is Oc1ccc(N(c2ccccc2)c2ccc(-c3ccc(-n4c5ccccc5c5ccccc54)cc3)cc2)cc1. The Balaban J connectivity index is 1.24. The van der Waals surface area contributed by atoms with Crippen LogP contribution in [0.2, 0.25) is 0 Å². The van der Waals surface area contributed by atoms with Gasteiger partial charge in [-0.3, -0.25) is 0 Å². The molecule has 3 heteroatoms. The minimum Gasteiger partial charge on any atom is -0.508 e. The number of para-hydroxylation sites is 3. The number of nitrogens with zero attached hydrogens (tertiary/aromatic N) is 2. The van der Waals surface area contributed by atoms with Crippen molar-refractivity contribution < 1.29 is 5.11 Å². The van der Waals surface area contributed by atoms with Crippen LogP contribution in [0.5, 0.6) is 5.75 Å². The van der Waals surface area contributed by atoms with Crippen LogP contribution in [-0.4, -0.2) is 9.67 Å². The lowest BCUT2D eigenvalue weighted by atomic mass is 10.0. The topological polar surface area (TPSA) is 28.4 Å². The van der Waals surface area contributed by atoms with Crippen molar-refractivity contribution in [2.24, 2.45) is 0 Å². The molecule has 0 aliphatic rings. The van der Waals surface area contributed by atoms with Gasteiger partial charge >= 0.3 is 0 Å². The van der Waals surface area contributed by atoms with Gasteiger partial charge in [-0.15, -0.1) is 0 Å². The molecule has 0 saturated carbocycles. The van der Waals surface area contributed by atoms with Crippen LogP contribution in [0, 0.1) is 0 Å². The van der Waals surface area contributed by atoms with Crippen LogP contribution in [-0.2, 0) is 0 Å². The standard InChI is InChI=1S/C36H26N2O/c39-32-24-22-30(23-25-32)37(28-8-2-1-3-9-28)29-18-14-26(15-19-29)27-16-20-31(21-17-27)38-35-12-6-4-10-33(35)34-11-5-7-13-36(34)38/h1-25,39H. The molecule has 1 aromatic heterocycles. The summed E-state index contributed by atoms with van der Waals surface area (Å²) in [5.74, 6) is 0.256. The van der Waals surface area contributed by atoms with Gasteiger partial charge in [0.25, 0.3) is 0 Å². The summed E-state index contributed by atoms with van der Waals surface area (Å²) < 4.78 is 2.34. The second-order valence-corrected chi connectivity index (χ2v) is 9.65. The number of anilines is 3. The molecule has 0 bridgehead atoms. The second kappa shape index (κ2) is 9.55. The van der Waals surface area contributed by atoms with Crippen molar-refractivity contribution in [3.63, 3.8) is 0 Å². The highest BCUT2D eigenvalue weighted by Gasteiger charge is 2.14. The van der Waals surface area contributed by atoms with E-state index < -0.39 is 0 Å². The van der Waals surface area contributed by atoms with Crippen molar-refractivity contribution in [1.29, 1.82) is 0 Å². The van der Waals surface area contributed by atoms with E-state index in [9.17, 15) is 5.11 Å². The number of hydrogen-bond donors (Lipinski definition) is 1. The predicted molar refractivity (Wildman–Crippen MR) is 163 cm³/mol. The van der Waals surface area contributed by atoms with Crippen LogP contribution >= 0.6 is 0 Å². The predicted octanol–water partition coefficient (Wildman–Crippen LogP) is 9.63. The maximum atomic E-state index is 9.81. The normalized spacial score (nSPS) is 11.2. The van der Waals surface area contributed by atoms with Gasteiger partial charge in [-0.2, -0.15) is 0 Å². The van der Waals surface area contributed by atoms with Crippen molar-refractivity contribution in [2.45, 2.75) is 0 Å². The minimum absolute atomic E-state index is 0.256. The molecule has 0 saturated heterocycles. The number of hydrogen-bond acceptors (Lipinski definition) is 2. The molecule has 0 aliphatic heterocycles. The smallest absolute Gasteiger partial charge is 0.115 e. The molecular formula is C36H26N2O. The van der Waals surface area contributed by atoms with E-state index in [-0.39, 0.29) is 5.75 Å². The van der Waals surface area contributed by atoms with Gasteiger partial charge in [0.1, 0.15) is 5.75 Å². The molecule has 0 atom stereocenters. The van der Waals surface area contributed by atoms with E-state index >= 15 is 0 Å². The third-order valence-electron chi connectivity index (χ3n) is 7.29. The average molecular weight is 503 g/mol. The molecule has 7 rings (SSSR count). The zero-order valence-electron chi connectivity index (χ0n) is 21.3. The monoisotopic (exact) mass is 502 g/mol. The number of rotatable bonds is 5. The van der Waals surface area contributed by atoms with Crippen molar-refractivity contribution in [2.75, 3.05) is 4.90 Å². The van der Waals surface area contributed by atoms with Gasteiger partial charge in [0.15, 0.2) is 0 Å². The lowest BCUT2D eigenvalue weighted by molar-refractivity contribution is 0.475. The van der Waals surface area contributed by atoms with Crippen molar-refractivity contribution in [3.05, 3.63) is 152 Å². The lowest BCUT2D eigenvalue weighted by Crippen LogP contribution is -2.09. The Hall–Kier alpha value is -5.28. The van der Waals surface area contributed by atoms with Gasteiger partial charge in [-0.25, -0.2) is 0 Å². The quantitative estimate of drug-likeness (QED) is 0.254. The Labute approximate surface area is 227 Å². The van der Waals surface area contributed by atoms with Crippen LogP contribution in [0.3, 0.4) is 0 Å². The van der Waals surface area contributed by atoms with Crippen LogP contribution in [0.15, 0.2) is 152 Å². The molecule has 1 N–H and O–H groups in total. The first kappa shape index (κ1) is 22.9. The van der Waals surface area contributed by atoms with Gasteiger partial charge < -0.3 is 14.6 Å². The van der Waals surface area contributed by atoms with Crippen molar-refractivity contribution in [3.8, 4) is 22.6 Å². The third-order valence-corrected chi connectivity index (χ3v) is 7.29. The summed E-state index contributed by atoms with van der Waals surface area (Å²) in [5.41, 5.74) is 9.01. The first-order valence-electron chi connectivity index (χ1n) is 13.1. The summed E-state index contributed by atoms with van der Waals surface area (Å²) in [7, 11) is 0. The number of aromatic hydroxyl groups is 1. The van der Waals surface area contributed by atoms with E-state index in [4.69, 9.17) is 0 Å². The second-order valence-electron chi connectivity index (χ2n) is 9.65. The van der Waals surface area contributed by atoms with E-state index in [0.29, 0.717) is 0 Å². The first-order chi connectivity index (χ1) is 19.3. The van der Waals surface area contributed by atoms with Crippen molar-refractivity contribution in [1.82, 2.24) is 4.57 Å². The summed E-state index contributed by atoms with van der Waals surface area (Å²) >= 11 is 0. The molecule has 0 spiro atoms. The van der Waals surface area contributed by atoms with Gasteiger partial charge in [-0.1, -0.05) is 78.9 Å². The lowest BCUT2D eigenvalue weighted by Gasteiger charge is -2.25. The van der Waals surface area contributed by atoms with E-state index in [1.807, 2.05) is 30.3 Å². The van der Waals surface area contributed by atoms with Crippen LogP contribution in [0.25, 0.3) is 38.6 Å². The third kappa shape index (κ3) is 4.11. The Morgan fingerprint density at radius 2 is 0.846 bits per heavy atom. The fraction of sp³-hybridized carbons (Fsp3) is 0. The van der Waals surface area contributed by atoms with Crippen LogP contribution in [0.4, 0.5) is 17.1 Å². The van der Waals surface area contributed by atoms with Crippen LogP contribution in [0.1, 0.15) is 0 Å². The molecule has 1 heterocycles. The molecule has 0 fully saturated rings. The molecule has 0 amide bonds. The van der Waals surface area contributed by atoms with Gasteiger partial charge in [-0.05, 0) is 83.9 Å². The van der Waals surface area contributed by atoms with E-state index in [0.717, 1.165) is 28.3 Å². The molecule has 0 radical (unpaired) electrons. The molecule has 6 aromatic carbocycles. The number of phenols is 1. The zero-order valence-corrected chi connectivity index (χ0v) is 21.3. The van der Waals surface area contributed by atoms with Crippen molar-refractivity contribution >= 4 is 38.9 Å².